The molecule has 1 aliphatic heterocycles. The number of fused-ring (bicyclic) bond motifs is 1. The van der Waals surface area contributed by atoms with Gasteiger partial charge in [-0.15, -0.1) is 0 Å². The molecule has 4 aromatic rings. The van der Waals surface area contributed by atoms with Gasteiger partial charge in [0.15, 0.2) is 0 Å². The van der Waals surface area contributed by atoms with E-state index >= 15 is 0 Å². The van der Waals surface area contributed by atoms with Crippen LogP contribution in [0.25, 0.3) is 27.8 Å². The summed E-state index contributed by atoms with van der Waals surface area (Å²) in [5, 5.41) is 0.0217. The average Bonchev–Trinajstić information content (AvgIpc) is 3.45. The number of carbonyl (C=O) groups excluding carboxylic acids is 1. The highest BCUT2D eigenvalue weighted by Gasteiger charge is 2.34. The fourth-order valence-electron chi connectivity index (χ4n) is 4.34. The first kappa shape index (κ1) is 23.6. The molecule has 1 aliphatic rings. The molecule has 5 rings (SSSR count). The van der Waals surface area contributed by atoms with Gasteiger partial charge in [0.1, 0.15) is 30.7 Å². The molecule has 36 heavy (non-hydrogen) atoms. The quantitative estimate of drug-likeness (QED) is 0.395. The molecule has 0 bridgehead atoms. The first-order valence-corrected chi connectivity index (χ1v) is 10.9. The Morgan fingerprint density at radius 1 is 1.17 bits per heavy atom. The van der Waals surface area contributed by atoms with Gasteiger partial charge < -0.3 is 14.0 Å². The van der Waals surface area contributed by atoms with E-state index in [1.807, 2.05) is 0 Å². The van der Waals surface area contributed by atoms with Gasteiger partial charge in [-0.2, -0.15) is 13.2 Å². The summed E-state index contributed by atoms with van der Waals surface area (Å²) in [6.07, 6.45) is -0.292. The minimum atomic E-state index is -4.94. The molecule has 1 atom stereocenters. The molecule has 0 radical (unpaired) electrons. The van der Waals surface area contributed by atoms with Crippen LogP contribution < -0.4 is 5.56 Å². The van der Waals surface area contributed by atoms with Crippen molar-refractivity contribution in [2.24, 2.45) is 0 Å². The van der Waals surface area contributed by atoms with Crippen LogP contribution >= 0.6 is 0 Å². The Hall–Kier alpha value is -4.09. The van der Waals surface area contributed by atoms with Crippen LogP contribution in [0.5, 0.6) is 0 Å². The van der Waals surface area contributed by atoms with E-state index in [0.29, 0.717) is 23.5 Å². The maximum atomic E-state index is 14.0. The third-order valence-electron chi connectivity index (χ3n) is 6.12. The minimum Gasteiger partial charge on any atom is -0.338 e. The van der Waals surface area contributed by atoms with Crippen molar-refractivity contribution in [3.63, 3.8) is 0 Å². The number of amides is 1. The molecule has 1 amide bonds. The molecule has 0 aliphatic carbocycles. The van der Waals surface area contributed by atoms with Crippen molar-refractivity contribution in [1.82, 2.24) is 24.0 Å². The lowest BCUT2D eigenvalue weighted by atomic mass is 10.0. The molecular weight excluding hydrogens is 485 g/mol. The maximum absolute atomic E-state index is 14.0. The Morgan fingerprint density at radius 3 is 2.64 bits per heavy atom. The first-order chi connectivity index (χ1) is 17.1. The summed E-state index contributed by atoms with van der Waals surface area (Å²) in [6, 6.07) is 5.56. The number of hydrogen-bond donors (Lipinski definition) is 0. The predicted molar refractivity (Wildman–Crippen MR) is 120 cm³/mol. The lowest BCUT2D eigenvalue weighted by Gasteiger charge is -2.16. The fourth-order valence-corrected chi connectivity index (χ4v) is 4.34. The van der Waals surface area contributed by atoms with Crippen LogP contribution in [0.3, 0.4) is 0 Å². The zero-order valence-corrected chi connectivity index (χ0v) is 18.5. The molecular formula is C24H18F5N5O2. The zero-order valence-electron chi connectivity index (χ0n) is 18.5. The van der Waals surface area contributed by atoms with Gasteiger partial charge in [-0.3, -0.25) is 9.59 Å². The number of rotatable bonds is 4. The predicted octanol–water partition coefficient (Wildman–Crippen LogP) is 3.98. The Balaban J connectivity index is 1.68. The van der Waals surface area contributed by atoms with Crippen molar-refractivity contribution in [3.8, 4) is 16.9 Å². The number of aromatic nitrogens is 4. The molecule has 1 unspecified atom stereocenters. The summed E-state index contributed by atoms with van der Waals surface area (Å²) in [5.41, 5.74) is -1.73. The summed E-state index contributed by atoms with van der Waals surface area (Å²) in [7, 11) is 0. The monoisotopic (exact) mass is 503 g/mol. The van der Waals surface area contributed by atoms with E-state index in [1.165, 1.54) is 40.5 Å². The number of benzene rings is 1. The summed E-state index contributed by atoms with van der Waals surface area (Å²) >= 11 is 0. The van der Waals surface area contributed by atoms with E-state index in [1.54, 1.807) is 6.07 Å². The van der Waals surface area contributed by atoms with Crippen LogP contribution in [-0.4, -0.2) is 49.2 Å². The van der Waals surface area contributed by atoms with Crippen molar-refractivity contribution in [1.29, 1.82) is 0 Å². The minimum absolute atomic E-state index is 0.0217. The van der Waals surface area contributed by atoms with Gasteiger partial charge in [0.05, 0.1) is 23.0 Å². The number of alkyl halides is 4. The van der Waals surface area contributed by atoms with Crippen LogP contribution in [-0.2, 0) is 17.5 Å². The number of likely N-dealkylation sites (tertiary alicyclic amines) is 1. The van der Waals surface area contributed by atoms with Gasteiger partial charge >= 0.3 is 6.18 Å². The van der Waals surface area contributed by atoms with Crippen LogP contribution in [0, 0.1) is 5.82 Å². The number of nitrogens with zero attached hydrogens (tertiary/aromatic N) is 5. The number of halogens is 5. The first-order valence-electron chi connectivity index (χ1n) is 10.9. The molecule has 186 valence electrons. The van der Waals surface area contributed by atoms with E-state index in [0.717, 1.165) is 10.6 Å². The summed E-state index contributed by atoms with van der Waals surface area (Å²) in [4.78, 5) is 35.5. The summed E-state index contributed by atoms with van der Waals surface area (Å²) in [5.74, 6) is -1.54. The second-order valence-corrected chi connectivity index (χ2v) is 8.41. The second-order valence-electron chi connectivity index (χ2n) is 8.41. The van der Waals surface area contributed by atoms with Crippen molar-refractivity contribution in [2.75, 3.05) is 13.1 Å². The molecule has 1 fully saturated rings. The van der Waals surface area contributed by atoms with E-state index in [2.05, 4.69) is 9.97 Å². The molecule has 0 saturated carbocycles. The van der Waals surface area contributed by atoms with Gasteiger partial charge in [-0.25, -0.2) is 18.7 Å². The van der Waals surface area contributed by atoms with Gasteiger partial charge in [-0.05, 0) is 36.2 Å². The highest BCUT2D eigenvalue weighted by Crippen LogP contribution is 2.36. The normalized spacial score (nSPS) is 16.1. The van der Waals surface area contributed by atoms with Crippen molar-refractivity contribution < 1.29 is 26.7 Å². The molecule has 7 nitrogen and oxygen atoms in total. The summed E-state index contributed by atoms with van der Waals surface area (Å²) in [6.45, 7) is -0.181. The van der Waals surface area contributed by atoms with E-state index in [-0.39, 0.29) is 42.6 Å². The molecule has 0 spiro atoms. The highest BCUT2D eigenvalue weighted by atomic mass is 19.4. The molecule has 4 heterocycles. The SMILES string of the molecule is O=C(Cn1ccc2c(c(-c3ccc(F)c(C(F)(F)F)c3)cn2-c2ccncn2)c1=O)N1CCC(F)C1. The number of carbonyl (C=O) groups is 1. The third kappa shape index (κ3) is 4.23. The summed E-state index contributed by atoms with van der Waals surface area (Å²) < 4.78 is 70.3. The van der Waals surface area contributed by atoms with E-state index in [9.17, 15) is 31.5 Å². The maximum Gasteiger partial charge on any atom is 0.419 e. The van der Waals surface area contributed by atoms with Gasteiger partial charge in [0.25, 0.3) is 5.56 Å². The average molecular weight is 503 g/mol. The molecule has 3 aromatic heterocycles. The van der Waals surface area contributed by atoms with Gasteiger partial charge in [-0.1, -0.05) is 6.07 Å². The number of hydrogen-bond acceptors (Lipinski definition) is 4. The number of pyridine rings is 1. The van der Waals surface area contributed by atoms with E-state index < -0.39 is 35.2 Å². The molecule has 1 aromatic carbocycles. The zero-order chi connectivity index (χ0) is 25.6. The van der Waals surface area contributed by atoms with Crippen molar-refractivity contribution in [3.05, 3.63) is 77.0 Å². The van der Waals surface area contributed by atoms with E-state index in [4.69, 9.17) is 0 Å². The van der Waals surface area contributed by atoms with Crippen LogP contribution in [0.15, 0.2) is 60.0 Å². The van der Waals surface area contributed by atoms with Crippen LogP contribution in [0.4, 0.5) is 22.0 Å². The fraction of sp³-hybridized carbons (Fsp3) is 0.250. The third-order valence-corrected chi connectivity index (χ3v) is 6.12. The van der Waals surface area contributed by atoms with Gasteiger partial charge in [0.2, 0.25) is 5.91 Å². The Kier molecular flexibility index (Phi) is 5.81. The second kappa shape index (κ2) is 8.85. The molecule has 12 heteroatoms. The Bertz CT molecular complexity index is 1510. The molecule has 0 N–H and O–H groups in total. The topological polar surface area (TPSA) is 73.0 Å². The van der Waals surface area contributed by atoms with Gasteiger partial charge in [0, 0.05) is 30.7 Å². The Morgan fingerprint density at radius 2 is 1.97 bits per heavy atom. The smallest absolute Gasteiger partial charge is 0.338 e. The van der Waals surface area contributed by atoms with Crippen LogP contribution in [0.1, 0.15) is 12.0 Å². The largest absolute Gasteiger partial charge is 0.419 e. The molecule has 1 saturated heterocycles. The standard InChI is InChI=1S/C24H18F5N5O2/c25-15-4-7-32(10-15)21(35)12-33-8-5-19-22(23(33)36)16(11-34(19)20-3-6-30-13-31-20)14-1-2-18(26)17(9-14)24(27,28)29/h1-3,5-6,8-9,11,13,15H,4,7,10,12H2. The Labute approximate surface area is 200 Å². The lowest BCUT2D eigenvalue weighted by Crippen LogP contribution is -2.35. The highest BCUT2D eigenvalue weighted by molar-refractivity contribution is 5.96. The lowest BCUT2D eigenvalue weighted by molar-refractivity contribution is -0.140. The van der Waals surface area contributed by atoms with Crippen molar-refractivity contribution in [2.45, 2.75) is 25.3 Å². The van der Waals surface area contributed by atoms with Crippen LogP contribution in [0.2, 0.25) is 0 Å². The van der Waals surface area contributed by atoms with Crippen molar-refractivity contribution >= 4 is 16.8 Å².